The van der Waals surface area contributed by atoms with Crippen molar-refractivity contribution < 1.29 is 0 Å². The van der Waals surface area contributed by atoms with E-state index in [1.165, 1.54) is 21.4 Å². The summed E-state index contributed by atoms with van der Waals surface area (Å²) in [7, 11) is 0. The molecule has 0 unspecified atom stereocenters. The molecule has 22 aromatic rings. The summed E-state index contributed by atoms with van der Waals surface area (Å²) in [6.45, 7) is 0. The van der Waals surface area contributed by atoms with Gasteiger partial charge in [-0.25, -0.2) is 49.8 Å². The van der Waals surface area contributed by atoms with Gasteiger partial charge in [0, 0.05) is 55.2 Å². The van der Waals surface area contributed by atoms with Crippen LogP contribution in [0.2, 0.25) is 0 Å². The van der Waals surface area contributed by atoms with E-state index < -0.39 is 0 Å². The molecule has 0 saturated heterocycles. The molecule has 0 N–H and O–H groups in total. The summed E-state index contributed by atoms with van der Waals surface area (Å²) in [5.41, 5.74) is 30.0. The van der Waals surface area contributed by atoms with Gasteiger partial charge < -0.3 is 0 Å². The number of pyridine rings is 1. The second kappa shape index (κ2) is 30.8. The van der Waals surface area contributed by atoms with Crippen molar-refractivity contribution in [3.8, 4) is 157 Å². The van der Waals surface area contributed by atoms with Crippen molar-refractivity contribution >= 4 is 85.7 Å². The van der Waals surface area contributed by atoms with Crippen LogP contribution in [-0.4, -0.2) is 54.8 Å². The highest BCUT2D eigenvalue weighted by Crippen LogP contribution is 2.43. The Labute approximate surface area is 687 Å². The first-order valence-corrected chi connectivity index (χ1v) is 40.6. The molecular formula is C105H65N11S2. The van der Waals surface area contributed by atoms with E-state index in [9.17, 15) is 0 Å². The minimum Gasteiger partial charge on any atom is -0.253 e. The number of hydrogen-bond donors (Lipinski definition) is 0. The Morgan fingerprint density at radius 1 is 0.161 bits per heavy atom. The molecule has 552 valence electrons. The lowest BCUT2D eigenvalue weighted by molar-refractivity contribution is 1.07. The van der Waals surface area contributed by atoms with Gasteiger partial charge in [-0.15, -0.1) is 22.7 Å². The predicted molar refractivity (Wildman–Crippen MR) is 486 cm³/mol. The fourth-order valence-corrected chi connectivity index (χ4v) is 17.7. The molecule has 0 spiro atoms. The van der Waals surface area contributed by atoms with Gasteiger partial charge in [0.05, 0.1) is 26.8 Å². The molecule has 7 heterocycles. The van der Waals surface area contributed by atoms with Crippen LogP contribution < -0.4 is 0 Å². The summed E-state index contributed by atoms with van der Waals surface area (Å²) in [4.78, 5) is 56.6. The fourth-order valence-electron chi connectivity index (χ4n) is 15.4. The number of para-hydroxylation sites is 4. The zero-order valence-electron chi connectivity index (χ0n) is 63.3. The summed E-state index contributed by atoms with van der Waals surface area (Å²) in [6.07, 6.45) is 1.88. The molecule has 13 heteroatoms. The van der Waals surface area contributed by atoms with Crippen molar-refractivity contribution in [1.82, 2.24) is 54.8 Å². The first-order chi connectivity index (χ1) is 58.4. The smallest absolute Gasteiger partial charge is 0.164 e. The molecule has 7 aromatic heterocycles. The monoisotopic (exact) mass is 1540 g/mol. The third-order valence-corrected chi connectivity index (χ3v) is 23.6. The zero-order valence-corrected chi connectivity index (χ0v) is 64.9. The second-order valence-corrected chi connectivity index (χ2v) is 30.9. The topological polar surface area (TPSA) is 142 Å². The Kier molecular flexibility index (Phi) is 18.4. The van der Waals surface area contributed by atoms with E-state index in [0.717, 1.165) is 164 Å². The van der Waals surface area contributed by atoms with Gasteiger partial charge in [0.15, 0.2) is 34.9 Å². The number of aromatic nitrogens is 11. The lowest BCUT2D eigenvalue weighted by Gasteiger charge is -2.11. The number of hydrogen-bond acceptors (Lipinski definition) is 13. The van der Waals surface area contributed by atoms with E-state index in [1.54, 1.807) is 22.7 Å². The van der Waals surface area contributed by atoms with Crippen LogP contribution in [0.3, 0.4) is 0 Å². The van der Waals surface area contributed by atoms with Crippen molar-refractivity contribution in [3.63, 3.8) is 0 Å². The van der Waals surface area contributed by atoms with Crippen LogP contribution >= 0.6 is 22.7 Å². The van der Waals surface area contributed by atoms with Crippen LogP contribution in [0.15, 0.2) is 394 Å². The minimum absolute atomic E-state index is 0.620. The van der Waals surface area contributed by atoms with Crippen molar-refractivity contribution in [2.24, 2.45) is 0 Å². The first-order valence-electron chi connectivity index (χ1n) is 39.0. The molecule has 0 aliphatic rings. The van der Waals surface area contributed by atoms with E-state index in [4.69, 9.17) is 54.8 Å². The number of fused-ring (bicyclic) bond motifs is 8. The summed E-state index contributed by atoms with van der Waals surface area (Å²) < 4.78 is 2.28. The molecule has 15 aromatic carbocycles. The maximum Gasteiger partial charge on any atom is 0.164 e. The number of benzene rings is 15. The van der Waals surface area contributed by atoms with Gasteiger partial charge in [0.1, 0.15) is 26.2 Å². The van der Waals surface area contributed by atoms with E-state index in [2.05, 4.69) is 267 Å². The van der Waals surface area contributed by atoms with Gasteiger partial charge in [0.25, 0.3) is 0 Å². The second-order valence-electron chi connectivity index (χ2n) is 28.9. The van der Waals surface area contributed by atoms with Crippen molar-refractivity contribution in [3.05, 3.63) is 394 Å². The average molecular weight is 1540 g/mol. The standard InChI is InChI=1S/C53H33N5S.C52H32N6S/c1-3-13-34(14-4-1)35-27-29-37(30-28-35)51-56-50(36-15-5-2-6-16-36)57-52(58-51)43-22-11-20-41(33-43)39-18-9-17-38(31-39)40-19-10-21-42(32-40)44-23-12-24-45-48-53(59-49(44)45)55-47-26-8-7-25-46(47)54-48;1-3-12-33(13-4-1)34-24-26-36(27-25-34)50-56-49(35-14-5-2-6-15-35)57-51(58-50)42-21-11-19-40(32-42)38-17-9-16-37(30-38)39-18-10-20-41(31-39)43-28-29-53-46-47-52(59-48(43)46)55-45-23-8-7-22-44(45)54-47/h1-33H;1-32H. The lowest BCUT2D eigenvalue weighted by Crippen LogP contribution is -2.00. The predicted octanol–water partition coefficient (Wildman–Crippen LogP) is 27.1. The van der Waals surface area contributed by atoms with Crippen LogP contribution in [0.4, 0.5) is 0 Å². The highest BCUT2D eigenvalue weighted by Gasteiger charge is 2.21. The molecule has 11 nitrogen and oxygen atoms in total. The van der Waals surface area contributed by atoms with Gasteiger partial charge >= 0.3 is 0 Å². The molecule has 0 saturated carbocycles. The van der Waals surface area contributed by atoms with Crippen molar-refractivity contribution in [1.29, 1.82) is 0 Å². The Morgan fingerprint density at radius 3 is 0.831 bits per heavy atom. The Bertz CT molecular complexity index is 7100. The van der Waals surface area contributed by atoms with Crippen LogP contribution in [0, 0.1) is 0 Å². The summed E-state index contributed by atoms with van der Waals surface area (Å²) in [5.74, 6) is 3.78. The Balaban J connectivity index is 0.000000147. The quantitative estimate of drug-likeness (QED) is 0.103. The molecule has 0 bridgehead atoms. The maximum absolute atomic E-state index is 5.06. The third-order valence-electron chi connectivity index (χ3n) is 21.4. The largest absolute Gasteiger partial charge is 0.253 e. The highest BCUT2D eigenvalue weighted by molar-refractivity contribution is 7.26. The molecule has 0 aliphatic carbocycles. The van der Waals surface area contributed by atoms with Gasteiger partial charge in [-0.3, -0.25) is 4.98 Å². The number of nitrogens with zero attached hydrogens (tertiary/aromatic N) is 11. The zero-order chi connectivity index (χ0) is 78.2. The molecule has 0 aliphatic heterocycles. The Morgan fingerprint density at radius 2 is 0.424 bits per heavy atom. The van der Waals surface area contributed by atoms with Gasteiger partial charge in [-0.2, -0.15) is 0 Å². The SMILES string of the molecule is c1ccc(-c2ccc(-c3nc(-c4ccccc4)nc(-c4cccc(-c5cccc(-c6cccc(-c7cccc8c7sc7nc9ccccc9nc78)c6)c5)c4)n3)cc2)cc1.c1ccc(-c2ccc(-c3nc(-c4ccccc4)nc(-c4cccc(-c5cccc(-c6cccc(-c7ccnc8c7sc7nc9ccccc9nc78)c6)c5)c4)n3)cc2)cc1. The Hall–Kier alpha value is -15.4. The lowest BCUT2D eigenvalue weighted by atomic mass is 9.95. The van der Waals surface area contributed by atoms with Crippen molar-refractivity contribution in [2.75, 3.05) is 0 Å². The average Bonchev–Trinajstić information content (AvgIpc) is 1.60. The molecule has 0 amide bonds. The van der Waals surface area contributed by atoms with Crippen LogP contribution in [0.5, 0.6) is 0 Å². The molecule has 0 radical (unpaired) electrons. The summed E-state index contributed by atoms with van der Waals surface area (Å²) in [5, 5.41) is 1.13. The van der Waals surface area contributed by atoms with Gasteiger partial charge in [-0.1, -0.05) is 322 Å². The van der Waals surface area contributed by atoms with Crippen LogP contribution in [-0.2, 0) is 0 Å². The maximum atomic E-state index is 5.06. The van der Waals surface area contributed by atoms with E-state index in [0.29, 0.717) is 34.9 Å². The molecule has 118 heavy (non-hydrogen) atoms. The summed E-state index contributed by atoms with van der Waals surface area (Å²) in [6, 6.07) is 134. The number of rotatable bonds is 14. The van der Waals surface area contributed by atoms with E-state index in [1.807, 2.05) is 128 Å². The normalized spacial score (nSPS) is 11.4. The number of thiophene rings is 2. The van der Waals surface area contributed by atoms with Gasteiger partial charge in [0.2, 0.25) is 0 Å². The van der Waals surface area contributed by atoms with E-state index >= 15 is 0 Å². The summed E-state index contributed by atoms with van der Waals surface area (Å²) >= 11 is 3.36. The molecule has 0 fully saturated rings. The minimum atomic E-state index is 0.620. The van der Waals surface area contributed by atoms with Crippen LogP contribution in [0.25, 0.3) is 220 Å². The first kappa shape index (κ1) is 70.5. The van der Waals surface area contributed by atoms with Crippen LogP contribution in [0.1, 0.15) is 0 Å². The highest BCUT2D eigenvalue weighted by atomic mass is 32.1. The fraction of sp³-hybridized carbons (Fsp3) is 0. The molecule has 0 atom stereocenters. The van der Waals surface area contributed by atoms with Crippen molar-refractivity contribution in [2.45, 2.75) is 0 Å². The van der Waals surface area contributed by atoms with Gasteiger partial charge in [-0.05, 0) is 150 Å². The molecule has 22 rings (SSSR count). The third kappa shape index (κ3) is 14.0. The van der Waals surface area contributed by atoms with E-state index in [-0.39, 0.29) is 0 Å². The molecular weight excluding hydrogens is 1480 g/mol.